The first-order chi connectivity index (χ1) is 15.0. The van der Waals surface area contributed by atoms with E-state index in [1.165, 1.54) is 0 Å². The Bertz CT molecular complexity index is 1120. The van der Waals surface area contributed by atoms with Gasteiger partial charge in [0.25, 0.3) is 10.1 Å². The molecule has 0 bridgehead atoms. The van der Waals surface area contributed by atoms with Gasteiger partial charge in [0.15, 0.2) is 0 Å². The molecule has 1 unspecified atom stereocenters. The van der Waals surface area contributed by atoms with Crippen molar-refractivity contribution in [2.45, 2.75) is 47.6 Å². The zero-order valence-corrected chi connectivity index (χ0v) is 18.9. The average Bonchev–Trinajstić information content (AvgIpc) is 2.76. The first-order valence-electron chi connectivity index (χ1n) is 10.4. The molecule has 8 heteroatoms. The number of aromatic nitrogens is 2. The van der Waals surface area contributed by atoms with Crippen LogP contribution in [0, 0.1) is 0 Å². The van der Waals surface area contributed by atoms with E-state index in [4.69, 9.17) is 0 Å². The lowest BCUT2D eigenvalue weighted by Gasteiger charge is -2.33. The maximum atomic E-state index is 12.3. The van der Waals surface area contributed by atoms with Gasteiger partial charge in [0.05, 0.1) is 11.4 Å². The molecular weight excluding hydrogens is 430 g/mol. The van der Waals surface area contributed by atoms with Gasteiger partial charge < -0.3 is 4.90 Å². The summed E-state index contributed by atoms with van der Waals surface area (Å²) < 4.78 is 34.5. The second kappa shape index (κ2) is 9.38. The Morgan fingerprint density at radius 3 is 2.29 bits per heavy atom. The molecule has 0 aliphatic carbocycles. The predicted molar refractivity (Wildman–Crippen MR) is 124 cm³/mol. The van der Waals surface area contributed by atoms with Gasteiger partial charge in [-0.25, -0.2) is 9.97 Å². The van der Waals surface area contributed by atoms with Crippen LogP contribution in [-0.4, -0.2) is 29.5 Å². The van der Waals surface area contributed by atoms with Crippen LogP contribution in [0.4, 0.5) is 11.4 Å². The number of fused-ring (bicyclic) bond motifs is 2. The molecule has 2 aromatic carbocycles. The van der Waals surface area contributed by atoms with E-state index in [1.54, 1.807) is 24.0 Å². The minimum absolute atomic E-state index is 0.157. The van der Waals surface area contributed by atoms with Gasteiger partial charge in [-0.15, -0.1) is 0 Å². The Balaban J connectivity index is 1.64. The Morgan fingerprint density at radius 1 is 1.03 bits per heavy atom. The van der Waals surface area contributed by atoms with Crippen LogP contribution in [0.3, 0.4) is 0 Å². The Hall–Kier alpha value is -2.42. The first-order valence-corrected chi connectivity index (χ1v) is 12.7. The first kappa shape index (κ1) is 21.8. The number of para-hydroxylation sites is 2. The summed E-state index contributed by atoms with van der Waals surface area (Å²) in [5.74, 6) is 0.157. The van der Waals surface area contributed by atoms with E-state index in [0.29, 0.717) is 6.54 Å². The molecule has 0 saturated heterocycles. The topological polar surface area (TPSA) is 83.4 Å². The van der Waals surface area contributed by atoms with Crippen molar-refractivity contribution in [3.05, 3.63) is 72.3 Å². The number of unbranched alkanes of at least 4 members (excludes halogenated alkanes) is 1. The van der Waals surface area contributed by atoms with Crippen LogP contribution in [0.25, 0.3) is 0 Å². The Labute approximate surface area is 187 Å². The summed E-state index contributed by atoms with van der Waals surface area (Å²) in [4.78, 5) is 13.0. The monoisotopic (exact) mass is 455 g/mol. The maximum Gasteiger partial charge on any atom is 0.275 e. The van der Waals surface area contributed by atoms with E-state index in [-0.39, 0.29) is 12.2 Å². The maximum absolute atomic E-state index is 12.3. The van der Waals surface area contributed by atoms with Crippen molar-refractivity contribution in [3.8, 4) is 0 Å². The normalized spacial score (nSPS) is 14.1. The van der Waals surface area contributed by atoms with Gasteiger partial charge in [0, 0.05) is 28.2 Å². The second-order valence-electron chi connectivity index (χ2n) is 7.49. The van der Waals surface area contributed by atoms with Crippen molar-refractivity contribution in [3.63, 3.8) is 0 Å². The highest BCUT2D eigenvalue weighted by Crippen LogP contribution is 2.48. The number of nitrogens with zero attached hydrogens (tertiary/aromatic N) is 3. The van der Waals surface area contributed by atoms with Gasteiger partial charge in [-0.3, -0.25) is 4.55 Å². The molecule has 1 atom stereocenters. The molecule has 2 heterocycles. The molecule has 1 N–H and O–H groups in total. The Kier molecular flexibility index (Phi) is 6.60. The predicted octanol–water partition coefficient (Wildman–Crippen LogP) is 5.44. The summed E-state index contributed by atoms with van der Waals surface area (Å²) in [7, 11) is -4.37. The van der Waals surface area contributed by atoms with Gasteiger partial charge in [-0.2, -0.15) is 8.42 Å². The minimum Gasteiger partial charge on any atom is -0.340 e. The molecule has 4 rings (SSSR count). The van der Waals surface area contributed by atoms with Crippen molar-refractivity contribution in [1.29, 1.82) is 0 Å². The number of benzene rings is 2. The molecule has 3 aromatic rings. The summed E-state index contributed by atoms with van der Waals surface area (Å²) in [6.45, 7) is 2.50. The lowest BCUT2D eigenvalue weighted by molar-refractivity contribution is 0.460. The third-order valence-electron chi connectivity index (χ3n) is 5.31. The van der Waals surface area contributed by atoms with Crippen LogP contribution in [0.15, 0.2) is 70.6 Å². The highest BCUT2D eigenvalue weighted by atomic mass is 32.2. The van der Waals surface area contributed by atoms with E-state index in [9.17, 15) is 13.0 Å². The summed E-state index contributed by atoms with van der Waals surface area (Å²) in [6.07, 6.45) is 4.49. The smallest absolute Gasteiger partial charge is 0.275 e. The molecule has 6 nitrogen and oxygen atoms in total. The minimum atomic E-state index is -4.37. The van der Waals surface area contributed by atoms with Gasteiger partial charge >= 0.3 is 0 Å². The molecule has 0 amide bonds. The number of aryl methyl sites for hydroxylation is 1. The van der Waals surface area contributed by atoms with Crippen LogP contribution < -0.4 is 4.90 Å². The zero-order chi connectivity index (χ0) is 21.8. The fraction of sp³-hybridized carbons (Fsp3) is 0.304. The van der Waals surface area contributed by atoms with Crippen LogP contribution in [0.1, 0.15) is 43.0 Å². The standard InChI is InChI=1S/C23H25N3O3S2/c1-2-3-8-17-13-15-24-23(25-17)22(31(27,28)29)14-16-26-18-9-4-6-11-20(18)30-21-12-7-5-10-19(21)26/h4-7,9-13,15,22H,2-3,8,14,16H2,1H3,(H,27,28,29). The van der Waals surface area contributed by atoms with Crippen molar-refractivity contribution in [1.82, 2.24) is 9.97 Å². The molecule has 0 spiro atoms. The molecule has 0 saturated carbocycles. The highest BCUT2D eigenvalue weighted by molar-refractivity contribution is 7.99. The van der Waals surface area contributed by atoms with Gasteiger partial charge in [-0.05, 0) is 49.6 Å². The quantitative estimate of drug-likeness (QED) is 0.453. The summed E-state index contributed by atoms with van der Waals surface area (Å²) >= 11 is 1.70. The van der Waals surface area contributed by atoms with Gasteiger partial charge in [0.2, 0.25) is 0 Å². The van der Waals surface area contributed by atoms with Crippen LogP contribution in [0.2, 0.25) is 0 Å². The van der Waals surface area contributed by atoms with Crippen LogP contribution >= 0.6 is 11.8 Å². The average molecular weight is 456 g/mol. The van der Waals surface area contributed by atoms with E-state index in [0.717, 1.165) is 46.1 Å². The summed E-state index contributed by atoms with van der Waals surface area (Å²) in [6, 6.07) is 17.9. The highest BCUT2D eigenvalue weighted by Gasteiger charge is 2.31. The van der Waals surface area contributed by atoms with Gasteiger partial charge in [0.1, 0.15) is 11.1 Å². The lowest BCUT2D eigenvalue weighted by Crippen LogP contribution is -2.26. The third kappa shape index (κ3) is 4.92. The molecule has 1 aromatic heterocycles. The van der Waals surface area contributed by atoms with Crippen molar-refractivity contribution in [2.24, 2.45) is 0 Å². The SMILES string of the molecule is CCCCc1ccnc(C(CCN2c3ccccc3Sc3ccccc32)S(=O)(=O)O)n1. The van der Waals surface area contributed by atoms with Gasteiger partial charge in [-0.1, -0.05) is 49.4 Å². The zero-order valence-electron chi connectivity index (χ0n) is 17.3. The Morgan fingerprint density at radius 2 is 1.68 bits per heavy atom. The lowest BCUT2D eigenvalue weighted by atomic mass is 10.1. The van der Waals surface area contributed by atoms with E-state index < -0.39 is 15.4 Å². The fourth-order valence-electron chi connectivity index (χ4n) is 3.74. The molecule has 162 valence electrons. The van der Waals surface area contributed by atoms with E-state index in [2.05, 4.69) is 33.9 Å². The largest absolute Gasteiger partial charge is 0.340 e. The molecular formula is C23H25N3O3S2. The van der Waals surface area contributed by atoms with Crippen LogP contribution in [0.5, 0.6) is 0 Å². The molecule has 31 heavy (non-hydrogen) atoms. The number of anilines is 2. The van der Waals surface area contributed by atoms with Crippen molar-refractivity contribution in [2.75, 3.05) is 11.4 Å². The van der Waals surface area contributed by atoms with Crippen LogP contribution in [-0.2, 0) is 16.5 Å². The van der Waals surface area contributed by atoms with E-state index in [1.807, 2.05) is 36.4 Å². The van der Waals surface area contributed by atoms with Crippen molar-refractivity contribution < 1.29 is 13.0 Å². The van der Waals surface area contributed by atoms with E-state index >= 15 is 0 Å². The number of rotatable bonds is 8. The molecule has 1 aliphatic heterocycles. The molecule has 1 aliphatic rings. The fourth-order valence-corrected chi connectivity index (χ4v) is 5.62. The second-order valence-corrected chi connectivity index (χ2v) is 10.2. The molecule has 0 fully saturated rings. The van der Waals surface area contributed by atoms with Crippen molar-refractivity contribution >= 4 is 33.3 Å². The summed E-state index contributed by atoms with van der Waals surface area (Å²) in [5, 5.41) is -1.18. The number of hydrogen-bond acceptors (Lipinski definition) is 6. The third-order valence-corrected chi connectivity index (χ3v) is 7.61. The summed E-state index contributed by atoms with van der Waals surface area (Å²) in [5.41, 5.74) is 2.85. The molecule has 0 radical (unpaired) electrons. The number of hydrogen-bond donors (Lipinski definition) is 1.